The molecule has 164 valence electrons. The number of hydrogen-bond donors (Lipinski definition) is 0. The Kier molecular flexibility index (Phi) is 6.03. The Morgan fingerprint density at radius 3 is 2.16 bits per heavy atom. The first-order chi connectivity index (χ1) is 15.1. The predicted molar refractivity (Wildman–Crippen MR) is 120 cm³/mol. The van der Waals surface area contributed by atoms with Gasteiger partial charge in [-0.25, -0.2) is 4.98 Å². The quantitative estimate of drug-likeness (QED) is 0.579. The van der Waals surface area contributed by atoms with Crippen LogP contribution in [-0.2, 0) is 0 Å². The largest absolute Gasteiger partial charge is 0.497 e. The second-order valence-corrected chi connectivity index (χ2v) is 8.03. The van der Waals surface area contributed by atoms with E-state index in [1.165, 1.54) is 0 Å². The first-order valence-electron chi connectivity index (χ1n) is 9.86. The molecule has 31 heavy (non-hydrogen) atoms. The SMILES string of the molecule is COc1cc(OC)cc(C(=O)N2CCN(c3nc4c(OC)c(OC)ccc4s3)CC2)c1. The summed E-state index contributed by atoms with van der Waals surface area (Å²) in [7, 11) is 6.38. The molecule has 1 fully saturated rings. The molecule has 0 spiro atoms. The third kappa shape index (κ3) is 4.05. The Morgan fingerprint density at radius 2 is 1.58 bits per heavy atom. The topological polar surface area (TPSA) is 73.4 Å². The van der Waals surface area contributed by atoms with E-state index in [1.807, 2.05) is 17.0 Å². The molecule has 1 amide bonds. The molecule has 0 N–H and O–H groups in total. The Morgan fingerprint density at radius 1 is 0.903 bits per heavy atom. The van der Waals surface area contributed by atoms with Crippen molar-refractivity contribution >= 4 is 32.6 Å². The summed E-state index contributed by atoms with van der Waals surface area (Å²) in [4.78, 5) is 21.9. The minimum Gasteiger partial charge on any atom is -0.497 e. The first-order valence-corrected chi connectivity index (χ1v) is 10.7. The van der Waals surface area contributed by atoms with Gasteiger partial charge in [0.1, 0.15) is 17.0 Å². The van der Waals surface area contributed by atoms with Crippen molar-refractivity contribution in [3.63, 3.8) is 0 Å². The van der Waals surface area contributed by atoms with Crippen molar-refractivity contribution in [1.82, 2.24) is 9.88 Å². The van der Waals surface area contributed by atoms with E-state index in [2.05, 4.69) is 4.90 Å². The molecule has 2 heterocycles. The number of anilines is 1. The summed E-state index contributed by atoms with van der Waals surface area (Å²) >= 11 is 1.61. The van der Waals surface area contributed by atoms with Crippen LogP contribution in [0.15, 0.2) is 30.3 Å². The highest BCUT2D eigenvalue weighted by Gasteiger charge is 2.25. The molecule has 1 saturated heterocycles. The third-order valence-corrected chi connectivity index (χ3v) is 6.41. The lowest BCUT2D eigenvalue weighted by Gasteiger charge is -2.34. The number of carbonyl (C=O) groups excluding carboxylic acids is 1. The third-order valence-electron chi connectivity index (χ3n) is 5.33. The van der Waals surface area contributed by atoms with Gasteiger partial charge in [0.05, 0.1) is 33.1 Å². The number of thiazole rings is 1. The summed E-state index contributed by atoms with van der Waals surface area (Å²) in [6, 6.07) is 9.12. The Bertz CT molecular complexity index is 1070. The molecule has 1 aliphatic heterocycles. The second kappa shape index (κ2) is 8.89. The fourth-order valence-corrected chi connectivity index (χ4v) is 4.66. The van der Waals surface area contributed by atoms with Crippen molar-refractivity contribution in [2.75, 3.05) is 59.5 Å². The van der Waals surface area contributed by atoms with E-state index >= 15 is 0 Å². The summed E-state index contributed by atoms with van der Waals surface area (Å²) in [5.74, 6) is 2.46. The molecule has 4 rings (SSSR count). The van der Waals surface area contributed by atoms with Gasteiger partial charge in [0.2, 0.25) is 0 Å². The maximum absolute atomic E-state index is 13.0. The van der Waals surface area contributed by atoms with Crippen LogP contribution in [0.1, 0.15) is 10.4 Å². The molecule has 0 bridgehead atoms. The molecule has 1 aliphatic rings. The molecule has 0 saturated carbocycles. The molecule has 8 nitrogen and oxygen atoms in total. The standard InChI is InChI=1S/C22H25N3O5S/c1-27-15-11-14(12-16(13-15)28-2)21(26)24-7-9-25(10-8-24)22-23-19-18(31-22)6-5-17(29-3)20(19)30-4/h5-6,11-13H,7-10H2,1-4H3. The molecule has 2 aromatic carbocycles. The molecule has 1 aromatic heterocycles. The van der Waals surface area contributed by atoms with Crippen LogP contribution >= 0.6 is 11.3 Å². The Balaban J connectivity index is 1.49. The van der Waals surface area contributed by atoms with Gasteiger partial charge in [-0.1, -0.05) is 11.3 Å². The molecule has 0 radical (unpaired) electrons. The van der Waals surface area contributed by atoms with Crippen molar-refractivity contribution < 1.29 is 23.7 Å². The minimum atomic E-state index is -0.0347. The van der Waals surface area contributed by atoms with Crippen LogP contribution in [0, 0.1) is 0 Å². The van der Waals surface area contributed by atoms with Gasteiger partial charge in [-0.3, -0.25) is 4.79 Å². The van der Waals surface area contributed by atoms with Gasteiger partial charge in [-0.05, 0) is 24.3 Å². The van der Waals surface area contributed by atoms with Crippen LogP contribution in [0.4, 0.5) is 5.13 Å². The lowest BCUT2D eigenvalue weighted by Crippen LogP contribution is -2.48. The first kappa shape index (κ1) is 21.0. The molecule has 0 aliphatic carbocycles. The maximum Gasteiger partial charge on any atom is 0.254 e. The van der Waals surface area contributed by atoms with Gasteiger partial charge in [-0.15, -0.1) is 0 Å². The molecule has 0 atom stereocenters. The highest BCUT2D eigenvalue weighted by molar-refractivity contribution is 7.22. The van der Waals surface area contributed by atoms with Gasteiger partial charge in [0.15, 0.2) is 16.6 Å². The van der Waals surface area contributed by atoms with Gasteiger partial charge in [0.25, 0.3) is 5.91 Å². The molecular formula is C22H25N3O5S. The summed E-state index contributed by atoms with van der Waals surface area (Å²) in [5, 5.41) is 0.914. The lowest BCUT2D eigenvalue weighted by molar-refractivity contribution is 0.0746. The van der Waals surface area contributed by atoms with Crippen LogP contribution in [0.5, 0.6) is 23.0 Å². The van der Waals surface area contributed by atoms with Gasteiger partial charge >= 0.3 is 0 Å². The van der Waals surface area contributed by atoms with E-state index < -0.39 is 0 Å². The minimum absolute atomic E-state index is 0.0347. The summed E-state index contributed by atoms with van der Waals surface area (Å²) in [6.45, 7) is 2.61. The van der Waals surface area contributed by atoms with Crippen LogP contribution in [0.2, 0.25) is 0 Å². The molecule has 9 heteroatoms. The fraction of sp³-hybridized carbons (Fsp3) is 0.364. The lowest BCUT2D eigenvalue weighted by atomic mass is 10.1. The average molecular weight is 444 g/mol. The molecule has 0 unspecified atom stereocenters. The van der Waals surface area contributed by atoms with Crippen molar-refractivity contribution in [3.05, 3.63) is 35.9 Å². The number of nitrogens with zero attached hydrogens (tertiary/aromatic N) is 3. The number of amides is 1. The van der Waals surface area contributed by atoms with Crippen LogP contribution in [0.3, 0.4) is 0 Å². The van der Waals surface area contributed by atoms with E-state index in [0.29, 0.717) is 54.7 Å². The van der Waals surface area contributed by atoms with Gasteiger partial charge in [0, 0.05) is 37.8 Å². The van der Waals surface area contributed by atoms with E-state index in [1.54, 1.807) is 58.0 Å². The number of hydrogen-bond acceptors (Lipinski definition) is 8. The smallest absolute Gasteiger partial charge is 0.254 e. The van der Waals surface area contributed by atoms with Crippen molar-refractivity contribution in [3.8, 4) is 23.0 Å². The Labute approximate surface area is 184 Å². The van der Waals surface area contributed by atoms with Crippen molar-refractivity contribution in [2.24, 2.45) is 0 Å². The number of fused-ring (bicyclic) bond motifs is 1. The molecular weight excluding hydrogens is 418 g/mol. The zero-order valence-electron chi connectivity index (χ0n) is 18.0. The normalized spacial score (nSPS) is 13.9. The van der Waals surface area contributed by atoms with E-state index in [9.17, 15) is 4.79 Å². The zero-order chi connectivity index (χ0) is 22.0. The van der Waals surface area contributed by atoms with Crippen LogP contribution < -0.4 is 23.8 Å². The van der Waals surface area contributed by atoms with Gasteiger partial charge < -0.3 is 28.7 Å². The number of ether oxygens (including phenoxy) is 4. The van der Waals surface area contributed by atoms with Crippen LogP contribution in [-0.4, -0.2) is 70.4 Å². The van der Waals surface area contributed by atoms with E-state index in [4.69, 9.17) is 23.9 Å². The van der Waals surface area contributed by atoms with Crippen molar-refractivity contribution in [1.29, 1.82) is 0 Å². The van der Waals surface area contributed by atoms with Crippen molar-refractivity contribution in [2.45, 2.75) is 0 Å². The van der Waals surface area contributed by atoms with E-state index in [0.717, 1.165) is 15.3 Å². The highest BCUT2D eigenvalue weighted by Crippen LogP contribution is 2.40. The highest BCUT2D eigenvalue weighted by atomic mass is 32.1. The average Bonchev–Trinajstić information content (AvgIpc) is 3.27. The second-order valence-electron chi connectivity index (χ2n) is 7.02. The van der Waals surface area contributed by atoms with Gasteiger partial charge in [-0.2, -0.15) is 0 Å². The monoisotopic (exact) mass is 443 g/mol. The molecule has 3 aromatic rings. The number of methoxy groups -OCH3 is 4. The maximum atomic E-state index is 13.0. The Hall–Kier alpha value is -3.20. The van der Waals surface area contributed by atoms with E-state index in [-0.39, 0.29) is 5.91 Å². The number of rotatable bonds is 6. The summed E-state index contributed by atoms with van der Waals surface area (Å²) in [5.41, 5.74) is 1.35. The number of benzene rings is 2. The van der Waals surface area contributed by atoms with Crippen LogP contribution in [0.25, 0.3) is 10.2 Å². The number of piperazine rings is 1. The summed E-state index contributed by atoms with van der Waals surface area (Å²) < 4.78 is 22.5. The summed E-state index contributed by atoms with van der Waals surface area (Å²) in [6.07, 6.45) is 0. The zero-order valence-corrected chi connectivity index (χ0v) is 18.8. The number of carbonyl (C=O) groups is 1. The number of aromatic nitrogens is 1. The predicted octanol–water partition coefficient (Wildman–Crippen LogP) is 3.29. The fourth-order valence-electron chi connectivity index (χ4n) is 3.65.